The predicted molar refractivity (Wildman–Crippen MR) is 56.1 cm³/mol. The average Bonchev–Trinajstić information content (AvgIpc) is 2.84. The van der Waals surface area contributed by atoms with Gasteiger partial charge >= 0.3 is 0 Å². The summed E-state index contributed by atoms with van der Waals surface area (Å²) < 4.78 is 1.82. The van der Waals surface area contributed by atoms with Crippen molar-refractivity contribution in [3.05, 3.63) is 12.7 Å². The minimum Gasteiger partial charge on any atom is -0.382 e. The number of aromatic nitrogens is 4. The normalized spacial score (nSPS) is 20.2. The number of nitrogen functional groups attached to an aromatic ring is 1. The molecule has 0 aliphatic carbocycles. The van der Waals surface area contributed by atoms with Gasteiger partial charge in [-0.25, -0.2) is 15.0 Å². The van der Waals surface area contributed by atoms with E-state index >= 15 is 0 Å². The van der Waals surface area contributed by atoms with Gasteiger partial charge in [-0.05, 0) is 6.42 Å². The number of nitrogens with one attached hydrogen (secondary N) is 1. The van der Waals surface area contributed by atoms with E-state index in [-0.39, 0.29) is 12.1 Å². The van der Waals surface area contributed by atoms with Gasteiger partial charge in [0.15, 0.2) is 11.5 Å². The van der Waals surface area contributed by atoms with Gasteiger partial charge in [0.1, 0.15) is 18.0 Å². The molecule has 82 valence electrons. The maximum atomic E-state index is 11.1. The lowest BCUT2D eigenvalue weighted by Crippen LogP contribution is -2.23. The number of hydrogen-bond donors (Lipinski definition) is 2. The first kappa shape index (κ1) is 9.08. The minimum absolute atomic E-state index is 0.0499. The summed E-state index contributed by atoms with van der Waals surface area (Å²) in [6.07, 6.45) is 4.23. The standard InChI is InChI=1S/C9H10N6O/c10-8-7-9(12-3-11-8)15(4-13-7)5-1-2-6(16)14-5/h3-5H,1-2H2,(H,14,16)(H2,10,11,12)/t5-/m0/s1. The highest BCUT2D eigenvalue weighted by molar-refractivity contribution is 5.82. The molecule has 1 fully saturated rings. The first-order valence-corrected chi connectivity index (χ1v) is 4.98. The van der Waals surface area contributed by atoms with Gasteiger partial charge in [-0.2, -0.15) is 0 Å². The summed E-state index contributed by atoms with van der Waals surface area (Å²) in [5.41, 5.74) is 6.91. The van der Waals surface area contributed by atoms with E-state index in [1.54, 1.807) is 6.33 Å². The Morgan fingerprint density at radius 1 is 1.44 bits per heavy atom. The quantitative estimate of drug-likeness (QED) is 0.691. The highest BCUT2D eigenvalue weighted by Crippen LogP contribution is 2.23. The molecule has 2 aromatic heterocycles. The monoisotopic (exact) mass is 218 g/mol. The second kappa shape index (κ2) is 3.16. The van der Waals surface area contributed by atoms with Crippen LogP contribution >= 0.6 is 0 Å². The Balaban J connectivity index is 2.11. The summed E-state index contributed by atoms with van der Waals surface area (Å²) in [6.45, 7) is 0. The van der Waals surface area contributed by atoms with Crippen molar-refractivity contribution < 1.29 is 4.79 Å². The Hall–Kier alpha value is -2.18. The molecule has 1 aliphatic heterocycles. The molecule has 1 saturated heterocycles. The summed E-state index contributed by atoms with van der Waals surface area (Å²) in [6, 6.07) is 0. The molecule has 3 heterocycles. The van der Waals surface area contributed by atoms with Crippen molar-refractivity contribution in [3.63, 3.8) is 0 Å². The Bertz CT molecular complexity index is 562. The van der Waals surface area contributed by atoms with Gasteiger partial charge in [0, 0.05) is 6.42 Å². The Kier molecular flexibility index (Phi) is 1.79. The molecular formula is C9H10N6O. The van der Waals surface area contributed by atoms with Crippen LogP contribution < -0.4 is 11.1 Å². The molecule has 16 heavy (non-hydrogen) atoms. The second-order valence-corrected chi connectivity index (χ2v) is 3.70. The SMILES string of the molecule is Nc1ncnc2c1ncn2[C@H]1CCC(=O)N1. The smallest absolute Gasteiger partial charge is 0.221 e. The summed E-state index contributed by atoms with van der Waals surface area (Å²) in [4.78, 5) is 23.3. The van der Waals surface area contributed by atoms with E-state index < -0.39 is 0 Å². The molecule has 2 aromatic rings. The number of anilines is 1. The van der Waals surface area contributed by atoms with Crippen LogP contribution in [0.1, 0.15) is 19.0 Å². The summed E-state index contributed by atoms with van der Waals surface area (Å²) >= 11 is 0. The van der Waals surface area contributed by atoms with Crippen LogP contribution in [0.25, 0.3) is 11.2 Å². The third-order valence-corrected chi connectivity index (χ3v) is 2.70. The number of fused-ring (bicyclic) bond motifs is 1. The van der Waals surface area contributed by atoms with Gasteiger partial charge in [-0.15, -0.1) is 0 Å². The van der Waals surface area contributed by atoms with Crippen molar-refractivity contribution in [1.29, 1.82) is 0 Å². The second-order valence-electron chi connectivity index (χ2n) is 3.70. The van der Waals surface area contributed by atoms with E-state index in [0.717, 1.165) is 6.42 Å². The van der Waals surface area contributed by atoms with Gasteiger partial charge in [0.05, 0.1) is 6.33 Å². The lowest BCUT2D eigenvalue weighted by molar-refractivity contribution is -0.119. The topological polar surface area (TPSA) is 98.7 Å². The zero-order valence-corrected chi connectivity index (χ0v) is 8.42. The number of carbonyl (C=O) groups is 1. The van der Waals surface area contributed by atoms with Crippen molar-refractivity contribution in [1.82, 2.24) is 24.8 Å². The van der Waals surface area contributed by atoms with Gasteiger partial charge in [0.2, 0.25) is 5.91 Å². The van der Waals surface area contributed by atoms with E-state index in [9.17, 15) is 4.79 Å². The Labute approximate surface area is 90.7 Å². The average molecular weight is 218 g/mol. The number of carbonyl (C=O) groups excluding carboxylic acids is 1. The number of hydrogen-bond acceptors (Lipinski definition) is 5. The van der Waals surface area contributed by atoms with Crippen molar-refractivity contribution >= 4 is 22.9 Å². The molecule has 1 aliphatic rings. The number of imidazole rings is 1. The highest BCUT2D eigenvalue weighted by atomic mass is 16.2. The first-order chi connectivity index (χ1) is 7.75. The predicted octanol–water partition coefficient (Wildman–Crippen LogP) is -0.183. The zero-order chi connectivity index (χ0) is 11.1. The minimum atomic E-state index is -0.0770. The third-order valence-electron chi connectivity index (χ3n) is 2.70. The van der Waals surface area contributed by atoms with E-state index in [1.807, 2.05) is 4.57 Å². The lowest BCUT2D eigenvalue weighted by atomic mass is 10.3. The molecule has 7 nitrogen and oxygen atoms in total. The van der Waals surface area contributed by atoms with Crippen LogP contribution in [0.2, 0.25) is 0 Å². The molecule has 3 N–H and O–H groups in total. The molecule has 1 atom stereocenters. The van der Waals surface area contributed by atoms with Gasteiger partial charge in [-0.3, -0.25) is 9.36 Å². The number of nitrogens with two attached hydrogens (primary N) is 1. The fourth-order valence-corrected chi connectivity index (χ4v) is 1.90. The first-order valence-electron chi connectivity index (χ1n) is 4.98. The largest absolute Gasteiger partial charge is 0.382 e. The third kappa shape index (κ3) is 1.21. The lowest BCUT2D eigenvalue weighted by Gasteiger charge is -2.11. The molecule has 0 radical (unpaired) electrons. The number of nitrogens with zero attached hydrogens (tertiary/aromatic N) is 4. The summed E-state index contributed by atoms with van der Waals surface area (Å²) in [7, 11) is 0. The Morgan fingerprint density at radius 2 is 2.31 bits per heavy atom. The van der Waals surface area contributed by atoms with Crippen molar-refractivity contribution in [2.75, 3.05) is 5.73 Å². The van der Waals surface area contributed by atoms with Crippen molar-refractivity contribution in [3.8, 4) is 0 Å². The molecule has 1 amide bonds. The fraction of sp³-hybridized carbons (Fsp3) is 0.333. The van der Waals surface area contributed by atoms with E-state index in [2.05, 4.69) is 20.3 Å². The summed E-state index contributed by atoms with van der Waals surface area (Å²) in [5, 5.41) is 2.85. The maximum Gasteiger partial charge on any atom is 0.221 e. The highest BCUT2D eigenvalue weighted by Gasteiger charge is 2.24. The van der Waals surface area contributed by atoms with Crippen molar-refractivity contribution in [2.45, 2.75) is 19.0 Å². The van der Waals surface area contributed by atoms with Crippen LogP contribution in [-0.4, -0.2) is 25.4 Å². The van der Waals surface area contributed by atoms with Gasteiger partial charge in [0.25, 0.3) is 0 Å². The van der Waals surface area contributed by atoms with E-state index in [0.29, 0.717) is 23.4 Å². The molecule has 0 unspecified atom stereocenters. The van der Waals surface area contributed by atoms with Crippen molar-refractivity contribution in [2.24, 2.45) is 0 Å². The van der Waals surface area contributed by atoms with Crippen LogP contribution in [0.5, 0.6) is 0 Å². The van der Waals surface area contributed by atoms with Crippen LogP contribution in [0.15, 0.2) is 12.7 Å². The van der Waals surface area contributed by atoms with Gasteiger partial charge in [-0.1, -0.05) is 0 Å². The van der Waals surface area contributed by atoms with Crippen LogP contribution in [0.3, 0.4) is 0 Å². The molecule has 0 aromatic carbocycles. The molecule has 7 heteroatoms. The van der Waals surface area contributed by atoms with Crippen LogP contribution in [0.4, 0.5) is 5.82 Å². The number of amides is 1. The molecular weight excluding hydrogens is 208 g/mol. The number of rotatable bonds is 1. The summed E-state index contributed by atoms with van der Waals surface area (Å²) in [5.74, 6) is 0.405. The molecule has 3 rings (SSSR count). The van der Waals surface area contributed by atoms with Crippen LogP contribution in [0, 0.1) is 0 Å². The van der Waals surface area contributed by atoms with Crippen LogP contribution in [-0.2, 0) is 4.79 Å². The fourth-order valence-electron chi connectivity index (χ4n) is 1.90. The van der Waals surface area contributed by atoms with E-state index in [4.69, 9.17) is 5.73 Å². The maximum absolute atomic E-state index is 11.1. The molecule has 0 saturated carbocycles. The van der Waals surface area contributed by atoms with Gasteiger partial charge < -0.3 is 11.1 Å². The molecule has 0 bridgehead atoms. The molecule has 0 spiro atoms. The van der Waals surface area contributed by atoms with E-state index in [1.165, 1.54) is 6.33 Å². The zero-order valence-electron chi connectivity index (χ0n) is 8.42. The Morgan fingerprint density at radius 3 is 3.06 bits per heavy atom.